The SMILES string of the molecule is Cc1noc(-c2ccc(NC(=O)C3CCCCC3)cn2)c1NC(=O)O[C@@H](C)c1cccnc1Cl. The number of nitrogens with one attached hydrogen (secondary N) is 2. The predicted molar refractivity (Wildman–Crippen MR) is 127 cm³/mol. The molecule has 0 radical (unpaired) electrons. The number of carbonyl (C=O) groups excluding carboxylic acids is 2. The van der Waals surface area contributed by atoms with Gasteiger partial charge in [-0.15, -0.1) is 0 Å². The number of nitrogens with zero attached hydrogens (tertiary/aromatic N) is 3. The van der Waals surface area contributed by atoms with Gasteiger partial charge in [-0.2, -0.15) is 0 Å². The Bertz CT molecular complexity index is 1160. The summed E-state index contributed by atoms with van der Waals surface area (Å²) in [5, 5.41) is 9.82. The molecule has 4 rings (SSSR count). The maximum absolute atomic E-state index is 12.5. The van der Waals surface area contributed by atoms with Gasteiger partial charge in [0, 0.05) is 17.7 Å². The predicted octanol–water partition coefficient (Wildman–Crippen LogP) is 5.92. The van der Waals surface area contributed by atoms with Crippen molar-refractivity contribution in [1.29, 1.82) is 0 Å². The Morgan fingerprint density at radius 2 is 1.94 bits per heavy atom. The second-order valence-corrected chi connectivity index (χ2v) is 8.64. The van der Waals surface area contributed by atoms with Gasteiger partial charge in [0.15, 0.2) is 0 Å². The van der Waals surface area contributed by atoms with Crippen molar-refractivity contribution in [3.05, 3.63) is 53.1 Å². The van der Waals surface area contributed by atoms with Crippen molar-refractivity contribution in [2.45, 2.75) is 52.1 Å². The number of aryl methyl sites for hydroxylation is 1. The fourth-order valence-corrected chi connectivity index (χ4v) is 4.23. The highest BCUT2D eigenvalue weighted by Crippen LogP contribution is 2.31. The van der Waals surface area contributed by atoms with Gasteiger partial charge in [0.05, 0.1) is 11.9 Å². The topological polar surface area (TPSA) is 119 Å². The van der Waals surface area contributed by atoms with Gasteiger partial charge in [0.2, 0.25) is 11.7 Å². The minimum atomic E-state index is -0.698. The average Bonchev–Trinajstić information content (AvgIpc) is 3.20. The molecule has 0 aliphatic heterocycles. The lowest BCUT2D eigenvalue weighted by Gasteiger charge is -2.20. The summed E-state index contributed by atoms with van der Waals surface area (Å²) >= 11 is 6.08. The lowest BCUT2D eigenvalue weighted by molar-refractivity contribution is -0.120. The van der Waals surface area contributed by atoms with Gasteiger partial charge in [-0.1, -0.05) is 42.1 Å². The average molecular weight is 484 g/mol. The summed E-state index contributed by atoms with van der Waals surface area (Å²) in [6.07, 6.45) is 7.02. The van der Waals surface area contributed by atoms with Gasteiger partial charge in [-0.25, -0.2) is 9.78 Å². The van der Waals surface area contributed by atoms with Crippen LogP contribution in [0.4, 0.5) is 16.2 Å². The van der Waals surface area contributed by atoms with Crippen LogP contribution in [-0.2, 0) is 9.53 Å². The maximum Gasteiger partial charge on any atom is 0.412 e. The number of hydrogen-bond acceptors (Lipinski definition) is 7. The van der Waals surface area contributed by atoms with Gasteiger partial charge in [-0.05, 0) is 44.9 Å². The number of halogens is 1. The maximum atomic E-state index is 12.5. The molecule has 2 amide bonds. The van der Waals surface area contributed by atoms with E-state index in [0.717, 1.165) is 25.7 Å². The molecule has 0 unspecified atom stereocenters. The highest BCUT2D eigenvalue weighted by Gasteiger charge is 2.23. The van der Waals surface area contributed by atoms with Crippen LogP contribution in [0.3, 0.4) is 0 Å². The van der Waals surface area contributed by atoms with E-state index in [2.05, 4.69) is 25.8 Å². The Balaban J connectivity index is 1.42. The molecular weight excluding hydrogens is 458 g/mol. The number of amides is 2. The zero-order chi connectivity index (χ0) is 24.1. The Labute approximate surface area is 202 Å². The Kier molecular flexibility index (Phi) is 7.42. The fourth-order valence-electron chi connectivity index (χ4n) is 3.96. The molecule has 9 nitrogen and oxygen atoms in total. The summed E-state index contributed by atoms with van der Waals surface area (Å²) in [5.74, 6) is 0.362. The second-order valence-electron chi connectivity index (χ2n) is 8.28. The van der Waals surface area contributed by atoms with Crippen molar-refractivity contribution in [2.24, 2.45) is 5.92 Å². The van der Waals surface area contributed by atoms with Crippen molar-refractivity contribution in [3.63, 3.8) is 0 Å². The molecule has 3 heterocycles. The van der Waals surface area contributed by atoms with Crippen LogP contribution in [0.2, 0.25) is 5.15 Å². The number of anilines is 2. The first kappa shape index (κ1) is 23.7. The standard InChI is InChI=1S/C24H26ClN5O4/c1-14-20(29-24(32)33-15(2)18-9-6-12-26-22(18)25)21(34-30-14)19-11-10-17(13-27-19)28-23(31)16-7-4-3-5-8-16/h6,9-13,15-16H,3-5,7-8H2,1-2H3,(H,28,31)(H,29,32)/t15-/m0/s1. The molecule has 0 spiro atoms. The molecule has 0 bridgehead atoms. The molecule has 178 valence electrons. The van der Waals surface area contributed by atoms with E-state index >= 15 is 0 Å². The van der Waals surface area contributed by atoms with Crippen molar-refractivity contribution in [3.8, 4) is 11.5 Å². The molecule has 1 atom stereocenters. The summed E-state index contributed by atoms with van der Waals surface area (Å²) in [5.41, 5.74) is 2.46. The third-order valence-corrected chi connectivity index (χ3v) is 6.15. The Hall–Kier alpha value is -3.46. The van der Waals surface area contributed by atoms with Gasteiger partial charge in [0.1, 0.15) is 28.3 Å². The molecule has 0 saturated heterocycles. The number of ether oxygens (including phenoxy) is 1. The molecule has 1 saturated carbocycles. The van der Waals surface area contributed by atoms with Gasteiger partial charge >= 0.3 is 6.09 Å². The van der Waals surface area contributed by atoms with E-state index in [-0.39, 0.29) is 22.7 Å². The number of hydrogen-bond donors (Lipinski definition) is 2. The largest absolute Gasteiger partial charge is 0.441 e. The van der Waals surface area contributed by atoms with Gasteiger partial charge < -0.3 is 14.6 Å². The highest BCUT2D eigenvalue weighted by molar-refractivity contribution is 6.30. The summed E-state index contributed by atoms with van der Waals surface area (Å²) in [7, 11) is 0. The van der Waals surface area contributed by atoms with E-state index in [1.807, 2.05) is 0 Å². The molecule has 3 aromatic heterocycles. The molecular formula is C24H26ClN5O4. The number of pyridine rings is 2. The number of rotatable bonds is 6. The molecule has 10 heteroatoms. The molecule has 1 aliphatic carbocycles. The van der Waals surface area contributed by atoms with Crippen LogP contribution in [0.15, 0.2) is 41.2 Å². The lowest BCUT2D eigenvalue weighted by Crippen LogP contribution is -2.24. The first-order valence-corrected chi connectivity index (χ1v) is 11.6. The fraction of sp³-hybridized carbons (Fsp3) is 0.375. The van der Waals surface area contributed by atoms with Crippen LogP contribution in [0, 0.1) is 12.8 Å². The lowest BCUT2D eigenvalue weighted by atomic mass is 9.88. The molecule has 1 fully saturated rings. The van der Waals surface area contributed by atoms with Crippen LogP contribution in [0.25, 0.3) is 11.5 Å². The summed E-state index contributed by atoms with van der Waals surface area (Å²) in [6.45, 7) is 3.40. The van der Waals surface area contributed by atoms with E-state index in [9.17, 15) is 9.59 Å². The third-order valence-electron chi connectivity index (χ3n) is 5.84. The van der Waals surface area contributed by atoms with Crippen LogP contribution >= 0.6 is 11.6 Å². The van der Waals surface area contributed by atoms with Crippen molar-refractivity contribution >= 4 is 35.0 Å². The normalized spacial score (nSPS) is 14.9. The first-order chi connectivity index (χ1) is 16.4. The van der Waals surface area contributed by atoms with Gasteiger partial charge in [-0.3, -0.25) is 15.1 Å². The minimum absolute atomic E-state index is 0.0256. The third kappa shape index (κ3) is 5.53. The van der Waals surface area contributed by atoms with Crippen molar-refractivity contribution in [2.75, 3.05) is 10.6 Å². The minimum Gasteiger partial charge on any atom is -0.441 e. The quantitative estimate of drug-likeness (QED) is 0.417. The first-order valence-electron chi connectivity index (χ1n) is 11.2. The van der Waals surface area contributed by atoms with Crippen molar-refractivity contribution in [1.82, 2.24) is 15.1 Å². The number of aromatic nitrogens is 3. The monoisotopic (exact) mass is 483 g/mol. The number of carbonyl (C=O) groups is 2. The smallest absolute Gasteiger partial charge is 0.412 e. The zero-order valence-corrected chi connectivity index (χ0v) is 19.8. The molecule has 34 heavy (non-hydrogen) atoms. The van der Waals surface area contributed by atoms with Crippen LogP contribution in [-0.4, -0.2) is 27.1 Å². The Morgan fingerprint density at radius 1 is 1.15 bits per heavy atom. The van der Waals surface area contributed by atoms with Gasteiger partial charge in [0.25, 0.3) is 0 Å². The second kappa shape index (κ2) is 10.6. The molecule has 3 aromatic rings. The van der Waals surface area contributed by atoms with E-state index in [4.69, 9.17) is 20.9 Å². The van der Waals surface area contributed by atoms with Crippen molar-refractivity contribution < 1.29 is 18.8 Å². The molecule has 1 aliphatic rings. The summed E-state index contributed by atoms with van der Waals surface area (Å²) in [6, 6.07) is 6.90. The van der Waals surface area contributed by atoms with E-state index in [0.29, 0.717) is 28.3 Å². The molecule has 0 aromatic carbocycles. The van der Waals surface area contributed by atoms with Crippen LogP contribution in [0.1, 0.15) is 56.4 Å². The van der Waals surface area contributed by atoms with E-state index in [1.54, 1.807) is 50.5 Å². The Morgan fingerprint density at radius 3 is 2.65 bits per heavy atom. The van der Waals surface area contributed by atoms with E-state index in [1.165, 1.54) is 6.42 Å². The summed E-state index contributed by atoms with van der Waals surface area (Å²) < 4.78 is 10.9. The van der Waals surface area contributed by atoms with Crippen LogP contribution < -0.4 is 10.6 Å². The van der Waals surface area contributed by atoms with Crippen LogP contribution in [0.5, 0.6) is 0 Å². The zero-order valence-electron chi connectivity index (χ0n) is 19.0. The molecule has 2 N–H and O–H groups in total. The highest BCUT2D eigenvalue weighted by atomic mass is 35.5. The summed E-state index contributed by atoms with van der Waals surface area (Å²) in [4.78, 5) is 33.4. The van der Waals surface area contributed by atoms with E-state index < -0.39 is 12.2 Å².